The molecule has 2 heteroatoms. The predicted molar refractivity (Wildman–Crippen MR) is 91.0 cm³/mol. The average molecular weight is 289 g/mol. The van der Waals surface area contributed by atoms with Crippen LogP contribution in [-0.4, -0.2) is 6.04 Å². The Bertz CT molecular complexity index is 372. The van der Waals surface area contributed by atoms with Gasteiger partial charge in [0.05, 0.1) is 0 Å². The molecule has 1 rings (SSSR count). The van der Waals surface area contributed by atoms with Crippen LogP contribution in [0.15, 0.2) is 43.0 Å². The first-order valence-electron chi connectivity index (χ1n) is 8.33. The SMILES string of the molecule is C=CC[C@@H](NO[C@H](CCC)c1ccccc1)C(CC)CC. The third kappa shape index (κ3) is 6.03. The van der Waals surface area contributed by atoms with Crippen LogP contribution in [0.3, 0.4) is 0 Å². The molecule has 1 aromatic rings. The van der Waals surface area contributed by atoms with E-state index in [-0.39, 0.29) is 6.10 Å². The molecule has 1 N–H and O–H groups in total. The first-order valence-corrected chi connectivity index (χ1v) is 8.33. The van der Waals surface area contributed by atoms with Crippen molar-refractivity contribution >= 4 is 0 Å². The van der Waals surface area contributed by atoms with E-state index < -0.39 is 0 Å². The van der Waals surface area contributed by atoms with Gasteiger partial charge in [-0.25, -0.2) is 0 Å². The lowest BCUT2D eigenvalue weighted by Gasteiger charge is -2.28. The minimum atomic E-state index is 0.123. The molecule has 0 spiro atoms. The maximum absolute atomic E-state index is 6.07. The summed E-state index contributed by atoms with van der Waals surface area (Å²) in [4.78, 5) is 6.07. The fourth-order valence-corrected chi connectivity index (χ4v) is 2.77. The van der Waals surface area contributed by atoms with Crippen LogP contribution in [-0.2, 0) is 4.84 Å². The number of rotatable bonds is 11. The molecule has 118 valence electrons. The van der Waals surface area contributed by atoms with E-state index in [0.717, 1.165) is 32.1 Å². The maximum atomic E-state index is 6.07. The van der Waals surface area contributed by atoms with Crippen LogP contribution in [0.4, 0.5) is 0 Å². The smallest absolute Gasteiger partial charge is 0.104 e. The molecule has 0 aliphatic heterocycles. The highest BCUT2D eigenvalue weighted by atomic mass is 16.7. The standard InChI is InChI=1S/C19H31NO/c1-5-12-18(16(7-3)8-4)20-21-19(13-6-2)17-14-10-9-11-15-17/h5,9-11,14-16,18-20H,1,6-8,12-13H2,2-4H3/t18-,19-/m1/s1. The van der Waals surface area contributed by atoms with Gasteiger partial charge in [0.15, 0.2) is 0 Å². The summed E-state index contributed by atoms with van der Waals surface area (Å²) in [6.45, 7) is 10.6. The van der Waals surface area contributed by atoms with Crippen molar-refractivity contribution in [2.75, 3.05) is 0 Å². The summed E-state index contributed by atoms with van der Waals surface area (Å²) in [6, 6.07) is 10.8. The van der Waals surface area contributed by atoms with Gasteiger partial charge < -0.3 is 0 Å². The molecular weight excluding hydrogens is 258 g/mol. The summed E-state index contributed by atoms with van der Waals surface area (Å²) in [7, 11) is 0. The Morgan fingerprint density at radius 3 is 2.33 bits per heavy atom. The largest absolute Gasteiger partial charge is 0.293 e. The minimum Gasteiger partial charge on any atom is -0.293 e. The zero-order valence-electron chi connectivity index (χ0n) is 13.8. The fourth-order valence-electron chi connectivity index (χ4n) is 2.77. The van der Waals surface area contributed by atoms with Crippen molar-refractivity contribution < 1.29 is 4.84 Å². The van der Waals surface area contributed by atoms with Crippen LogP contribution in [0.5, 0.6) is 0 Å². The highest BCUT2D eigenvalue weighted by molar-refractivity contribution is 5.17. The zero-order chi connectivity index (χ0) is 15.5. The second-order valence-electron chi connectivity index (χ2n) is 5.63. The number of benzene rings is 1. The van der Waals surface area contributed by atoms with Gasteiger partial charge in [-0.15, -0.1) is 6.58 Å². The highest BCUT2D eigenvalue weighted by Crippen LogP contribution is 2.23. The van der Waals surface area contributed by atoms with Crippen molar-refractivity contribution in [3.63, 3.8) is 0 Å². The van der Waals surface area contributed by atoms with Gasteiger partial charge in [0.2, 0.25) is 0 Å². The molecule has 1 aromatic carbocycles. The van der Waals surface area contributed by atoms with E-state index in [9.17, 15) is 0 Å². The van der Waals surface area contributed by atoms with Crippen molar-refractivity contribution in [2.24, 2.45) is 5.92 Å². The summed E-state index contributed by atoms with van der Waals surface area (Å²) in [6.07, 6.45) is 7.51. The third-order valence-electron chi connectivity index (χ3n) is 4.12. The van der Waals surface area contributed by atoms with Crippen LogP contribution < -0.4 is 5.48 Å². The molecule has 0 bridgehead atoms. The van der Waals surface area contributed by atoms with Crippen molar-refractivity contribution in [3.8, 4) is 0 Å². The topological polar surface area (TPSA) is 21.3 Å². The van der Waals surface area contributed by atoms with E-state index in [4.69, 9.17) is 4.84 Å². The van der Waals surface area contributed by atoms with Gasteiger partial charge in [-0.2, -0.15) is 5.48 Å². The van der Waals surface area contributed by atoms with Gasteiger partial charge in [0.25, 0.3) is 0 Å². The molecular formula is C19H31NO. The molecule has 2 atom stereocenters. The van der Waals surface area contributed by atoms with Crippen LogP contribution in [0.25, 0.3) is 0 Å². The monoisotopic (exact) mass is 289 g/mol. The van der Waals surface area contributed by atoms with E-state index in [2.05, 4.69) is 57.1 Å². The quantitative estimate of drug-likeness (QED) is 0.433. The zero-order valence-corrected chi connectivity index (χ0v) is 13.8. The summed E-state index contributed by atoms with van der Waals surface area (Å²) in [5, 5.41) is 0. The molecule has 0 unspecified atom stereocenters. The number of hydroxylamine groups is 1. The Kier molecular flexibility index (Phi) is 9.04. The molecule has 0 aliphatic carbocycles. The van der Waals surface area contributed by atoms with Crippen molar-refractivity contribution in [3.05, 3.63) is 48.6 Å². The molecule has 0 amide bonds. The summed E-state index contributed by atoms with van der Waals surface area (Å²) >= 11 is 0. The molecule has 0 radical (unpaired) electrons. The predicted octanol–water partition coefficient (Wildman–Crippen LogP) is 5.43. The molecule has 0 fully saturated rings. The Balaban J connectivity index is 2.67. The number of hydrogen-bond donors (Lipinski definition) is 1. The molecule has 0 aliphatic rings. The van der Waals surface area contributed by atoms with Crippen molar-refractivity contribution in [2.45, 2.75) is 65.0 Å². The minimum absolute atomic E-state index is 0.123. The van der Waals surface area contributed by atoms with Crippen LogP contribution in [0.1, 0.15) is 64.5 Å². The second-order valence-corrected chi connectivity index (χ2v) is 5.63. The van der Waals surface area contributed by atoms with Gasteiger partial charge in [0, 0.05) is 6.04 Å². The molecule has 0 aromatic heterocycles. The summed E-state index contributed by atoms with van der Waals surface area (Å²) in [5.41, 5.74) is 4.58. The lowest BCUT2D eigenvalue weighted by Crippen LogP contribution is -2.36. The van der Waals surface area contributed by atoms with Gasteiger partial charge in [-0.3, -0.25) is 4.84 Å². The number of hydrogen-bond acceptors (Lipinski definition) is 2. The van der Waals surface area contributed by atoms with Gasteiger partial charge in [0.1, 0.15) is 6.10 Å². The normalized spacial score (nSPS) is 14.1. The van der Waals surface area contributed by atoms with E-state index in [0.29, 0.717) is 12.0 Å². The lowest BCUT2D eigenvalue weighted by molar-refractivity contribution is -0.0601. The van der Waals surface area contributed by atoms with Crippen LogP contribution >= 0.6 is 0 Å². The molecule has 0 heterocycles. The highest BCUT2D eigenvalue weighted by Gasteiger charge is 2.19. The molecule has 0 saturated carbocycles. The van der Waals surface area contributed by atoms with Gasteiger partial charge in [-0.1, -0.05) is 76.4 Å². The number of nitrogens with one attached hydrogen (secondary N) is 1. The third-order valence-corrected chi connectivity index (χ3v) is 4.12. The maximum Gasteiger partial charge on any atom is 0.104 e. The van der Waals surface area contributed by atoms with Crippen molar-refractivity contribution in [1.82, 2.24) is 5.48 Å². The molecule has 21 heavy (non-hydrogen) atoms. The van der Waals surface area contributed by atoms with Crippen LogP contribution in [0, 0.1) is 5.92 Å². The Labute approximate surface area is 130 Å². The molecule has 2 nitrogen and oxygen atoms in total. The fraction of sp³-hybridized carbons (Fsp3) is 0.579. The van der Waals surface area contributed by atoms with Crippen molar-refractivity contribution in [1.29, 1.82) is 0 Å². The average Bonchev–Trinajstić information content (AvgIpc) is 2.53. The second kappa shape index (κ2) is 10.6. The molecule has 0 saturated heterocycles. The Morgan fingerprint density at radius 2 is 1.81 bits per heavy atom. The van der Waals surface area contributed by atoms with E-state index in [1.165, 1.54) is 5.56 Å². The first-order chi connectivity index (χ1) is 10.3. The van der Waals surface area contributed by atoms with Gasteiger partial charge in [-0.05, 0) is 24.3 Å². The van der Waals surface area contributed by atoms with E-state index in [1.54, 1.807) is 0 Å². The lowest BCUT2D eigenvalue weighted by atomic mass is 9.92. The first kappa shape index (κ1) is 17.9. The Hall–Kier alpha value is -1.12. The Morgan fingerprint density at radius 1 is 1.14 bits per heavy atom. The van der Waals surface area contributed by atoms with E-state index >= 15 is 0 Å². The van der Waals surface area contributed by atoms with E-state index in [1.807, 2.05) is 12.1 Å². The summed E-state index contributed by atoms with van der Waals surface area (Å²) in [5.74, 6) is 0.626. The summed E-state index contributed by atoms with van der Waals surface area (Å²) < 4.78 is 0. The van der Waals surface area contributed by atoms with Crippen LogP contribution in [0.2, 0.25) is 0 Å². The van der Waals surface area contributed by atoms with Gasteiger partial charge >= 0.3 is 0 Å².